The van der Waals surface area contributed by atoms with E-state index in [-0.39, 0.29) is 6.17 Å². The van der Waals surface area contributed by atoms with E-state index in [1.54, 1.807) is 7.05 Å². The summed E-state index contributed by atoms with van der Waals surface area (Å²) in [5.74, 6) is 3.34. The number of nitrogens with one attached hydrogen (secondary N) is 2. The molecule has 0 aliphatic rings. The molecule has 1 unspecified atom stereocenters. The number of hydrogen-bond donors (Lipinski definition) is 2. The lowest BCUT2D eigenvalue weighted by Crippen LogP contribution is -2.35. The summed E-state index contributed by atoms with van der Waals surface area (Å²) in [5.41, 5.74) is 0. The van der Waals surface area contributed by atoms with Crippen molar-refractivity contribution in [1.29, 1.82) is 0 Å². The number of terminal acetylenes is 1. The van der Waals surface area contributed by atoms with Crippen molar-refractivity contribution in [3.8, 4) is 12.3 Å². The van der Waals surface area contributed by atoms with Crippen molar-refractivity contribution < 1.29 is 4.84 Å². The van der Waals surface area contributed by atoms with Crippen molar-refractivity contribution in [2.24, 2.45) is 0 Å². The van der Waals surface area contributed by atoms with Crippen LogP contribution in [0.25, 0.3) is 0 Å². The highest BCUT2D eigenvalue weighted by atomic mass is 16.7. The Bertz CT molecular complexity index is 391. The standard InChI is InChI=1S/C10H16N6O/c1-5-8(11-6-2)14-9-12-7-13-10(15-9)16(3)17-4/h1,7-8,11H,6H2,2-4H3,(H,12,13,14,15). The molecule has 92 valence electrons. The van der Waals surface area contributed by atoms with E-state index in [0.717, 1.165) is 6.54 Å². The summed E-state index contributed by atoms with van der Waals surface area (Å²) in [6.45, 7) is 2.71. The van der Waals surface area contributed by atoms with E-state index < -0.39 is 0 Å². The van der Waals surface area contributed by atoms with Gasteiger partial charge in [-0.1, -0.05) is 12.8 Å². The van der Waals surface area contributed by atoms with Crippen LogP contribution in [0.4, 0.5) is 11.9 Å². The molecule has 7 nitrogen and oxygen atoms in total. The molecule has 1 aromatic rings. The molecule has 1 rings (SSSR count). The Labute approximate surface area is 101 Å². The molecule has 0 aliphatic heterocycles. The van der Waals surface area contributed by atoms with Gasteiger partial charge in [-0.15, -0.1) is 6.42 Å². The van der Waals surface area contributed by atoms with E-state index in [2.05, 4.69) is 31.5 Å². The summed E-state index contributed by atoms with van der Waals surface area (Å²) in [6.07, 6.45) is 6.42. The number of rotatable bonds is 6. The molecule has 0 saturated heterocycles. The van der Waals surface area contributed by atoms with Gasteiger partial charge >= 0.3 is 0 Å². The monoisotopic (exact) mass is 236 g/mol. The molecule has 1 atom stereocenters. The second-order valence-electron chi connectivity index (χ2n) is 3.09. The molecule has 2 N–H and O–H groups in total. The molecule has 0 fully saturated rings. The smallest absolute Gasteiger partial charge is 0.254 e. The maximum Gasteiger partial charge on any atom is 0.254 e. The van der Waals surface area contributed by atoms with Crippen LogP contribution < -0.4 is 15.7 Å². The Morgan fingerprint density at radius 3 is 2.94 bits per heavy atom. The molecule has 0 spiro atoms. The fourth-order valence-corrected chi connectivity index (χ4v) is 1.08. The first-order valence-corrected chi connectivity index (χ1v) is 5.14. The zero-order valence-corrected chi connectivity index (χ0v) is 10.1. The van der Waals surface area contributed by atoms with Crippen LogP contribution in [0.1, 0.15) is 6.92 Å². The third-order valence-electron chi connectivity index (χ3n) is 1.96. The lowest BCUT2D eigenvalue weighted by atomic mass is 10.5. The number of nitrogens with zero attached hydrogens (tertiary/aromatic N) is 4. The van der Waals surface area contributed by atoms with Crippen LogP contribution in [0, 0.1) is 12.3 Å². The topological polar surface area (TPSA) is 75.2 Å². The fraction of sp³-hybridized carbons (Fsp3) is 0.500. The number of hydrogen-bond acceptors (Lipinski definition) is 7. The van der Waals surface area contributed by atoms with Gasteiger partial charge in [-0.05, 0) is 6.54 Å². The van der Waals surface area contributed by atoms with E-state index in [9.17, 15) is 0 Å². The SMILES string of the molecule is C#CC(NCC)Nc1ncnc(N(C)OC)n1. The van der Waals surface area contributed by atoms with E-state index >= 15 is 0 Å². The first-order valence-electron chi connectivity index (χ1n) is 5.14. The summed E-state index contributed by atoms with van der Waals surface area (Å²) in [5, 5.41) is 7.43. The van der Waals surface area contributed by atoms with E-state index in [4.69, 9.17) is 11.3 Å². The van der Waals surface area contributed by atoms with Gasteiger partial charge in [0.25, 0.3) is 5.95 Å². The molecule has 17 heavy (non-hydrogen) atoms. The normalized spacial score (nSPS) is 11.6. The van der Waals surface area contributed by atoms with Crippen LogP contribution >= 0.6 is 0 Å². The zero-order chi connectivity index (χ0) is 12.7. The Balaban J connectivity index is 2.75. The predicted molar refractivity (Wildman–Crippen MR) is 65.2 cm³/mol. The largest absolute Gasteiger partial charge is 0.328 e. The molecular formula is C10H16N6O. The maximum atomic E-state index is 5.35. The highest BCUT2D eigenvalue weighted by Gasteiger charge is 2.08. The highest BCUT2D eigenvalue weighted by Crippen LogP contribution is 2.06. The average molecular weight is 236 g/mol. The van der Waals surface area contributed by atoms with Crippen LogP contribution in [0.5, 0.6) is 0 Å². The Morgan fingerprint density at radius 1 is 1.59 bits per heavy atom. The Kier molecular flexibility index (Phi) is 5.13. The minimum atomic E-state index is -0.317. The molecule has 0 saturated carbocycles. The van der Waals surface area contributed by atoms with Gasteiger partial charge in [-0.25, -0.2) is 10.0 Å². The fourth-order valence-electron chi connectivity index (χ4n) is 1.08. The highest BCUT2D eigenvalue weighted by molar-refractivity contribution is 5.35. The van der Waals surface area contributed by atoms with Gasteiger partial charge in [-0.2, -0.15) is 9.97 Å². The average Bonchev–Trinajstić information content (AvgIpc) is 2.37. The van der Waals surface area contributed by atoms with Gasteiger partial charge < -0.3 is 5.32 Å². The number of anilines is 2. The van der Waals surface area contributed by atoms with Crippen LogP contribution in [0.2, 0.25) is 0 Å². The van der Waals surface area contributed by atoms with Gasteiger partial charge in [0.1, 0.15) is 12.5 Å². The van der Waals surface area contributed by atoms with E-state index in [1.165, 1.54) is 18.5 Å². The second-order valence-corrected chi connectivity index (χ2v) is 3.09. The molecule has 7 heteroatoms. The summed E-state index contributed by atoms with van der Waals surface area (Å²) in [6, 6.07) is 0. The van der Waals surface area contributed by atoms with Crippen molar-refractivity contribution in [2.75, 3.05) is 31.1 Å². The van der Waals surface area contributed by atoms with Crippen LogP contribution in [0.15, 0.2) is 6.33 Å². The number of aromatic nitrogens is 3. The van der Waals surface area contributed by atoms with Crippen molar-refractivity contribution >= 4 is 11.9 Å². The molecule has 1 heterocycles. The van der Waals surface area contributed by atoms with Crippen LogP contribution in [-0.2, 0) is 4.84 Å². The van der Waals surface area contributed by atoms with Crippen molar-refractivity contribution in [1.82, 2.24) is 20.3 Å². The first-order chi connectivity index (χ1) is 8.21. The summed E-state index contributed by atoms with van der Waals surface area (Å²) in [4.78, 5) is 17.0. The van der Waals surface area contributed by atoms with Gasteiger partial charge in [0.05, 0.1) is 7.11 Å². The van der Waals surface area contributed by atoms with E-state index in [1.807, 2.05) is 6.92 Å². The Morgan fingerprint density at radius 2 is 2.35 bits per heavy atom. The first kappa shape index (κ1) is 13.2. The van der Waals surface area contributed by atoms with Crippen LogP contribution in [-0.4, -0.2) is 41.8 Å². The molecule has 0 aromatic carbocycles. The maximum absolute atomic E-state index is 5.35. The lowest BCUT2D eigenvalue weighted by molar-refractivity contribution is 0.180. The van der Waals surface area contributed by atoms with E-state index in [0.29, 0.717) is 11.9 Å². The molecule has 0 radical (unpaired) electrons. The van der Waals surface area contributed by atoms with Gasteiger partial charge in [0.15, 0.2) is 0 Å². The summed E-state index contributed by atoms with van der Waals surface area (Å²) >= 11 is 0. The molecule has 0 amide bonds. The quantitative estimate of drug-likeness (QED) is 0.404. The summed E-state index contributed by atoms with van der Waals surface area (Å²) in [7, 11) is 3.22. The molecule has 0 aliphatic carbocycles. The lowest BCUT2D eigenvalue weighted by Gasteiger charge is -2.16. The van der Waals surface area contributed by atoms with Gasteiger partial charge in [0, 0.05) is 7.05 Å². The third kappa shape index (κ3) is 3.86. The second kappa shape index (κ2) is 6.62. The molecular weight excluding hydrogens is 220 g/mol. The predicted octanol–water partition coefficient (Wildman–Crippen LogP) is -0.150. The van der Waals surface area contributed by atoms with Gasteiger partial charge in [0.2, 0.25) is 5.95 Å². The molecule has 1 aromatic heterocycles. The minimum absolute atomic E-state index is 0.317. The van der Waals surface area contributed by atoms with Crippen molar-refractivity contribution in [2.45, 2.75) is 13.1 Å². The zero-order valence-electron chi connectivity index (χ0n) is 10.1. The van der Waals surface area contributed by atoms with Crippen molar-refractivity contribution in [3.63, 3.8) is 0 Å². The summed E-state index contributed by atoms with van der Waals surface area (Å²) < 4.78 is 0. The number of hydroxylamine groups is 1. The Hall–Kier alpha value is -1.91. The van der Waals surface area contributed by atoms with Crippen LogP contribution in [0.3, 0.4) is 0 Å². The van der Waals surface area contributed by atoms with Gasteiger partial charge in [-0.3, -0.25) is 10.2 Å². The molecule has 0 bridgehead atoms. The minimum Gasteiger partial charge on any atom is -0.328 e. The third-order valence-corrected chi connectivity index (χ3v) is 1.96. The van der Waals surface area contributed by atoms with Crippen molar-refractivity contribution in [3.05, 3.63) is 6.33 Å².